The molecule has 0 bridgehead atoms. The van der Waals surface area contributed by atoms with Crippen molar-refractivity contribution in [3.63, 3.8) is 0 Å². The van der Waals surface area contributed by atoms with E-state index in [1.54, 1.807) is 0 Å². The van der Waals surface area contributed by atoms with Crippen LogP contribution in [0.5, 0.6) is 0 Å². The van der Waals surface area contributed by atoms with E-state index in [9.17, 15) is 0 Å². The van der Waals surface area contributed by atoms with E-state index in [2.05, 4.69) is 38.1 Å². The van der Waals surface area contributed by atoms with Gasteiger partial charge in [0, 0.05) is 5.92 Å². The Bertz CT molecular complexity index is 427. The highest BCUT2D eigenvalue weighted by Gasteiger charge is 2.28. The maximum absolute atomic E-state index is 5.94. The highest BCUT2D eigenvalue weighted by Crippen LogP contribution is 2.29. The predicted molar refractivity (Wildman–Crippen MR) is 93.5 cm³/mol. The normalized spacial score (nSPS) is 31.1. The van der Waals surface area contributed by atoms with Gasteiger partial charge in [0.2, 0.25) is 0 Å². The first-order valence-electron chi connectivity index (χ1n) is 9.16. The fraction of sp³-hybridized carbons (Fsp3) is 0.700. The van der Waals surface area contributed by atoms with Crippen LogP contribution in [0.4, 0.5) is 0 Å². The molecule has 2 aliphatic rings. The average molecular weight is 320 g/mol. The summed E-state index contributed by atoms with van der Waals surface area (Å²) in [6.45, 7) is 9.31. The summed E-state index contributed by atoms with van der Waals surface area (Å²) in [6, 6.07) is 8.61. The Labute approximate surface area is 141 Å². The van der Waals surface area contributed by atoms with Crippen molar-refractivity contribution in [2.75, 3.05) is 13.2 Å². The van der Waals surface area contributed by atoms with Crippen molar-refractivity contribution in [3.05, 3.63) is 35.4 Å². The molecule has 23 heavy (non-hydrogen) atoms. The Hall–Kier alpha value is -0.900. The van der Waals surface area contributed by atoms with Gasteiger partial charge in [-0.15, -0.1) is 0 Å². The molecule has 1 saturated heterocycles. The van der Waals surface area contributed by atoms with Crippen molar-refractivity contribution in [1.82, 2.24) is 0 Å². The van der Waals surface area contributed by atoms with Crippen LogP contribution in [-0.2, 0) is 14.2 Å². The third-order valence-electron chi connectivity index (χ3n) is 4.68. The van der Waals surface area contributed by atoms with Crippen LogP contribution in [0.25, 0.3) is 0 Å². The SMILES string of the molecule is CC.Cc1ccc(C2COC(OC3CCC(C)CC3)OC2)cc1. The Balaban J connectivity index is 0.000000924. The molecular weight excluding hydrogens is 288 g/mol. The molecule has 1 saturated carbocycles. The second kappa shape index (κ2) is 9.41. The van der Waals surface area contributed by atoms with Crippen LogP contribution in [0.15, 0.2) is 24.3 Å². The van der Waals surface area contributed by atoms with E-state index in [1.807, 2.05) is 13.8 Å². The van der Waals surface area contributed by atoms with E-state index in [4.69, 9.17) is 14.2 Å². The lowest BCUT2D eigenvalue weighted by atomic mass is 9.89. The molecule has 3 rings (SSSR count). The summed E-state index contributed by atoms with van der Waals surface area (Å²) < 4.78 is 17.5. The average Bonchev–Trinajstić information content (AvgIpc) is 2.60. The summed E-state index contributed by atoms with van der Waals surface area (Å²) in [6.07, 6.45) is 5.08. The van der Waals surface area contributed by atoms with Crippen LogP contribution in [0, 0.1) is 12.8 Å². The van der Waals surface area contributed by atoms with Crippen molar-refractivity contribution in [2.45, 2.75) is 71.9 Å². The van der Waals surface area contributed by atoms with Crippen LogP contribution < -0.4 is 0 Å². The van der Waals surface area contributed by atoms with E-state index in [0.717, 1.165) is 18.8 Å². The van der Waals surface area contributed by atoms with Gasteiger partial charge in [0.1, 0.15) is 0 Å². The number of aryl methyl sites for hydroxylation is 1. The van der Waals surface area contributed by atoms with Crippen molar-refractivity contribution in [2.24, 2.45) is 5.92 Å². The van der Waals surface area contributed by atoms with Crippen LogP contribution in [-0.4, -0.2) is 25.8 Å². The highest BCUT2D eigenvalue weighted by atomic mass is 16.8. The Morgan fingerprint density at radius 2 is 1.48 bits per heavy atom. The first kappa shape index (κ1) is 18.4. The van der Waals surface area contributed by atoms with Gasteiger partial charge >= 0.3 is 0 Å². The van der Waals surface area contributed by atoms with Gasteiger partial charge < -0.3 is 14.2 Å². The molecule has 0 unspecified atom stereocenters. The topological polar surface area (TPSA) is 27.7 Å². The molecule has 1 aromatic carbocycles. The molecule has 130 valence electrons. The number of hydrogen-bond donors (Lipinski definition) is 0. The lowest BCUT2D eigenvalue weighted by molar-refractivity contribution is -0.331. The predicted octanol–water partition coefficient (Wildman–Crippen LogP) is 5.03. The Kier molecular flexibility index (Phi) is 7.54. The zero-order valence-corrected chi connectivity index (χ0v) is 15.1. The van der Waals surface area contributed by atoms with Gasteiger partial charge in [0.25, 0.3) is 6.48 Å². The van der Waals surface area contributed by atoms with E-state index in [1.165, 1.54) is 24.0 Å². The first-order valence-corrected chi connectivity index (χ1v) is 9.16. The van der Waals surface area contributed by atoms with Gasteiger partial charge in [-0.1, -0.05) is 50.6 Å². The Morgan fingerprint density at radius 1 is 0.913 bits per heavy atom. The number of benzene rings is 1. The molecule has 1 aromatic rings. The Morgan fingerprint density at radius 3 is 2.04 bits per heavy atom. The van der Waals surface area contributed by atoms with Gasteiger partial charge in [-0.05, 0) is 44.1 Å². The number of ether oxygens (including phenoxy) is 3. The summed E-state index contributed by atoms with van der Waals surface area (Å²) in [7, 11) is 0. The van der Waals surface area contributed by atoms with Gasteiger partial charge in [0.15, 0.2) is 0 Å². The van der Waals surface area contributed by atoms with Gasteiger partial charge in [-0.2, -0.15) is 0 Å². The monoisotopic (exact) mass is 320 g/mol. The van der Waals surface area contributed by atoms with Gasteiger partial charge in [-0.3, -0.25) is 0 Å². The standard InChI is InChI=1S/C18H26O3.C2H6/c1-13-3-7-15(8-4-13)16-11-19-18(20-12-16)21-17-9-5-14(2)6-10-17;1-2/h3-4,7-8,14,16-18H,5-6,9-12H2,1-2H3;1-2H3. The van der Waals surface area contributed by atoms with Crippen molar-refractivity contribution < 1.29 is 14.2 Å². The summed E-state index contributed by atoms with van der Waals surface area (Å²) in [5, 5.41) is 0. The molecule has 1 aliphatic carbocycles. The minimum atomic E-state index is -0.467. The van der Waals surface area contributed by atoms with Crippen LogP contribution >= 0.6 is 0 Å². The van der Waals surface area contributed by atoms with E-state index in [0.29, 0.717) is 25.2 Å². The molecule has 0 atom stereocenters. The second-order valence-corrected chi connectivity index (χ2v) is 6.58. The molecule has 2 fully saturated rings. The lowest BCUT2D eigenvalue weighted by Crippen LogP contribution is -2.36. The molecule has 3 heteroatoms. The molecule has 1 aliphatic heterocycles. The molecule has 0 radical (unpaired) electrons. The third kappa shape index (κ3) is 5.59. The summed E-state index contributed by atoms with van der Waals surface area (Å²) in [5.41, 5.74) is 2.56. The molecule has 3 nitrogen and oxygen atoms in total. The maximum atomic E-state index is 5.94. The summed E-state index contributed by atoms with van der Waals surface area (Å²) >= 11 is 0. The minimum Gasteiger partial charge on any atom is -0.329 e. The van der Waals surface area contributed by atoms with E-state index < -0.39 is 6.48 Å². The fourth-order valence-electron chi connectivity index (χ4n) is 3.12. The maximum Gasteiger partial charge on any atom is 0.271 e. The number of hydrogen-bond acceptors (Lipinski definition) is 3. The molecule has 0 aromatic heterocycles. The van der Waals surface area contributed by atoms with E-state index in [-0.39, 0.29) is 0 Å². The second-order valence-electron chi connectivity index (χ2n) is 6.58. The number of rotatable bonds is 3. The minimum absolute atomic E-state index is 0.308. The van der Waals surface area contributed by atoms with Crippen LogP contribution in [0.2, 0.25) is 0 Å². The van der Waals surface area contributed by atoms with Crippen molar-refractivity contribution in [3.8, 4) is 0 Å². The van der Waals surface area contributed by atoms with Crippen LogP contribution in [0.3, 0.4) is 0 Å². The zero-order chi connectivity index (χ0) is 16.7. The fourth-order valence-corrected chi connectivity index (χ4v) is 3.12. The quantitative estimate of drug-likeness (QED) is 0.781. The van der Waals surface area contributed by atoms with Crippen molar-refractivity contribution >= 4 is 0 Å². The molecule has 1 heterocycles. The largest absolute Gasteiger partial charge is 0.329 e. The summed E-state index contributed by atoms with van der Waals surface area (Å²) in [4.78, 5) is 0. The van der Waals surface area contributed by atoms with Gasteiger partial charge in [0.05, 0.1) is 19.3 Å². The third-order valence-corrected chi connectivity index (χ3v) is 4.68. The highest BCUT2D eigenvalue weighted by molar-refractivity contribution is 5.24. The molecule has 0 N–H and O–H groups in total. The molecular formula is C20H32O3. The smallest absolute Gasteiger partial charge is 0.271 e. The van der Waals surface area contributed by atoms with Crippen LogP contribution in [0.1, 0.15) is 63.5 Å². The summed E-state index contributed by atoms with van der Waals surface area (Å²) in [5.74, 6) is 1.15. The molecule has 0 amide bonds. The van der Waals surface area contributed by atoms with Gasteiger partial charge in [-0.25, -0.2) is 0 Å². The van der Waals surface area contributed by atoms with E-state index >= 15 is 0 Å². The first-order chi connectivity index (χ1) is 11.2. The lowest BCUT2D eigenvalue weighted by Gasteiger charge is -2.34. The zero-order valence-electron chi connectivity index (χ0n) is 15.1. The van der Waals surface area contributed by atoms with Crippen molar-refractivity contribution in [1.29, 1.82) is 0 Å². The molecule has 0 spiro atoms.